The molecule has 0 fully saturated rings. The summed E-state index contributed by atoms with van der Waals surface area (Å²) in [7, 11) is 4.76. The van der Waals surface area contributed by atoms with Gasteiger partial charge in [0.05, 0.1) is 32.2 Å². The first-order valence-electron chi connectivity index (χ1n) is 8.47. The summed E-state index contributed by atoms with van der Waals surface area (Å²) in [5.41, 5.74) is 2.33. The molecule has 28 heavy (non-hydrogen) atoms. The lowest BCUT2D eigenvalue weighted by Crippen LogP contribution is -2.30. The van der Waals surface area contributed by atoms with Gasteiger partial charge in [-0.3, -0.25) is 9.59 Å². The molecule has 0 spiro atoms. The lowest BCUT2D eigenvalue weighted by molar-refractivity contribution is -0.137. The molecule has 3 rings (SSSR count). The number of rotatable bonds is 7. The van der Waals surface area contributed by atoms with Crippen LogP contribution in [0.1, 0.15) is 28.4 Å². The predicted octanol–water partition coefficient (Wildman–Crippen LogP) is 1.93. The van der Waals surface area contributed by atoms with Gasteiger partial charge in [-0.15, -0.1) is 5.10 Å². The van der Waals surface area contributed by atoms with E-state index in [4.69, 9.17) is 9.47 Å². The quantitative estimate of drug-likeness (QED) is 0.639. The smallest absolute Gasteiger partial charge is 0.305 e. The molecule has 0 aliphatic heterocycles. The molecule has 1 aromatic heterocycles. The molecule has 1 amide bonds. The lowest BCUT2D eigenvalue weighted by Gasteiger charge is -2.19. The molecule has 1 heterocycles. The van der Waals surface area contributed by atoms with Gasteiger partial charge in [0, 0.05) is 12.6 Å². The van der Waals surface area contributed by atoms with Crippen LogP contribution in [0.4, 0.5) is 0 Å². The van der Waals surface area contributed by atoms with Gasteiger partial charge < -0.3 is 19.9 Å². The van der Waals surface area contributed by atoms with Gasteiger partial charge in [0.15, 0.2) is 11.5 Å². The molecule has 1 unspecified atom stereocenters. The number of benzene rings is 2. The number of aliphatic carboxylic acids is 1. The number of carbonyl (C=O) groups excluding carboxylic acids is 1. The number of carbonyl (C=O) groups is 2. The molecule has 0 aliphatic rings. The third-order valence-corrected chi connectivity index (χ3v) is 4.37. The molecule has 9 heteroatoms. The summed E-state index contributed by atoms with van der Waals surface area (Å²) in [6.07, 6.45) is -0.283. The third kappa shape index (κ3) is 3.88. The summed E-state index contributed by atoms with van der Waals surface area (Å²) in [5, 5.41) is 20.0. The van der Waals surface area contributed by atoms with Gasteiger partial charge in [0.1, 0.15) is 5.52 Å². The van der Waals surface area contributed by atoms with Crippen LogP contribution in [-0.2, 0) is 11.8 Å². The van der Waals surface area contributed by atoms with E-state index in [0.717, 1.165) is 5.52 Å². The van der Waals surface area contributed by atoms with Gasteiger partial charge in [-0.05, 0) is 35.9 Å². The Labute approximate surface area is 160 Å². The topological polar surface area (TPSA) is 116 Å². The minimum Gasteiger partial charge on any atom is -0.493 e. The highest BCUT2D eigenvalue weighted by atomic mass is 16.5. The highest BCUT2D eigenvalue weighted by molar-refractivity contribution is 5.97. The monoisotopic (exact) mass is 384 g/mol. The Morgan fingerprint density at radius 1 is 1.14 bits per heavy atom. The highest BCUT2D eigenvalue weighted by Gasteiger charge is 2.21. The fourth-order valence-electron chi connectivity index (χ4n) is 2.92. The number of ether oxygens (including phenoxy) is 2. The van der Waals surface area contributed by atoms with Crippen LogP contribution in [0.2, 0.25) is 0 Å². The van der Waals surface area contributed by atoms with Crippen LogP contribution in [0.5, 0.6) is 11.5 Å². The Balaban J connectivity index is 1.89. The predicted molar refractivity (Wildman–Crippen MR) is 101 cm³/mol. The molecular weight excluding hydrogens is 364 g/mol. The van der Waals surface area contributed by atoms with E-state index < -0.39 is 17.9 Å². The summed E-state index contributed by atoms with van der Waals surface area (Å²) in [6, 6.07) is 9.27. The average molecular weight is 384 g/mol. The number of amides is 1. The molecule has 2 aromatic carbocycles. The maximum atomic E-state index is 12.7. The number of nitrogens with zero attached hydrogens (tertiary/aromatic N) is 3. The van der Waals surface area contributed by atoms with Crippen LogP contribution < -0.4 is 14.8 Å². The summed E-state index contributed by atoms with van der Waals surface area (Å²) in [6.45, 7) is 0. The number of aromatic nitrogens is 3. The zero-order valence-corrected chi connectivity index (χ0v) is 15.7. The van der Waals surface area contributed by atoms with Crippen molar-refractivity contribution in [1.82, 2.24) is 20.3 Å². The van der Waals surface area contributed by atoms with Gasteiger partial charge in [-0.1, -0.05) is 11.3 Å². The van der Waals surface area contributed by atoms with Gasteiger partial charge >= 0.3 is 5.97 Å². The van der Waals surface area contributed by atoms with E-state index in [-0.39, 0.29) is 6.42 Å². The SMILES string of the molecule is COc1ccc(C(CC(=O)O)NC(=O)c2ccc3c(c2)nnn3C)cc1OC. The van der Waals surface area contributed by atoms with Crippen molar-refractivity contribution in [2.75, 3.05) is 14.2 Å². The standard InChI is InChI=1S/C19H20N4O5/c1-23-15-6-4-12(8-14(15)21-22-23)19(26)20-13(10-18(24)25)11-5-7-16(27-2)17(9-11)28-3/h4-9,13H,10H2,1-3H3,(H,20,26)(H,24,25). The van der Waals surface area contributed by atoms with E-state index in [9.17, 15) is 14.7 Å². The molecule has 146 valence electrons. The van der Waals surface area contributed by atoms with Crippen molar-refractivity contribution in [3.8, 4) is 11.5 Å². The molecule has 0 radical (unpaired) electrons. The van der Waals surface area contributed by atoms with Crippen LogP contribution in [0.15, 0.2) is 36.4 Å². The summed E-state index contributed by atoms with van der Waals surface area (Å²) >= 11 is 0. The largest absolute Gasteiger partial charge is 0.493 e. The zero-order chi connectivity index (χ0) is 20.3. The highest BCUT2D eigenvalue weighted by Crippen LogP contribution is 2.31. The Kier molecular flexibility index (Phi) is 5.44. The maximum Gasteiger partial charge on any atom is 0.305 e. The molecule has 1 atom stereocenters. The van der Waals surface area contributed by atoms with Crippen LogP contribution in [-0.4, -0.2) is 46.2 Å². The van der Waals surface area contributed by atoms with Gasteiger partial charge in [-0.25, -0.2) is 4.68 Å². The normalized spacial score (nSPS) is 11.8. The van der Waals surface area contributed by atoms with Crippen molar-refractivity contribution in [1.29, 1.82) is 0 Å². The van der Waals surface area contributed by atoms with Crippen molar-refractivity contribution in [2.45, 2.75) is 12.5 Å². The number of methoxy groups -OCH3 is 2. The van der Waals surface area contributed by atoms with E-state index in [1.807, 2.05) is 0 Å². The molecule has 0 saturated carbocycles. The van der Waals surface area contributed by atoms with E-state index in [1.165, 1.54) is 14.2 Å². The van der Waals surface area contributed by atoms with E-state index in [2.05, 4.69) is 15.6 Å². The Hall–Kier alpha value is -3.62. The van der Waals surface area contributed by atoms with Crippen molar-refractivity contribution >= 4 is 22.9 Å². The number of hydrogen-bond acceptors (Lipinski definition) is 6. The lowest BCUT2D eigenvalue weighted by atomic mass is 10.0. The molecule has 3 aromatic rings. The average Bonchev–Trinajstić information content (AvgIpc) is 3.06. The van der Waals surface area contributed by atoms with Crippen molar-refractivity contribution in [3.05, 3.63) is 47.5 Å². The number of hydrogen-bond donors (Lipinski definition) is 2. The van der Waals surface area contributed by atoms with Gasteiger partial charge in [-0.2, -0.15) is 0 Å². The first kappa shape index (κ1) is 19.2. The van der Waals surface area contributed by atoms with Crippen LogP contribution in [0.25, 0.3) is 11.0 Å². The molecule has 0 saturated heterocycles. The number of fused-ring (bicyclic) bond motifs is 1. The fourth-order valence-corrected chi connectivity index (χ4v) is 2.92. The Morgan fingerprint density at radius 3 is 2.57 bits per heavy atom. The molecular formula is C19H20N4O5. The molecule has 0 bridgehead atoms. The van der Waals surface area contributed by atoms with Crippen molar-refractivity contribution in [3.63, 3.8) is 0 Å². The van der Waals surface area contributed by atoms with Crippen molar-refractivity contribution < 1.29 is 24.2 Å². The summed E-state index contributed by atoms with van der Waals surface area (Å²) in [4.78, 5) is 24.1. The molecule has 9 nitrogen and oxygen atoms in total. The minimum absolute atomic E-state index is 0.283. The van der Waals surface area contributed by atoms with E-state index >= 15 is 0 Å². The Bertz CT molecular complexity index is 1030. The van der Waals surface area contributed by atoms with Crippen LogP contribution in [0, 0.1) is 0 Å². The maximum absolute atomic E-state index is 12.7. The second-order valence-electron chi connectivity index (χ2n) is 6.15. The zero-order valence-electron chi connectivity index (χ0n) is 15.7. The summed E-state index contributed by atoms with van der Waals surface area (Å²) in [5.74, 6) is -0.483. The fraction of sp³-hybridized carbons (Fsp3) is 0.263. The molecule has 2 N–H and O–H groups in total. The van der Waals surface area contributed by atoms with Gasteiger partial charge in [0.25, 0.3) is 5.91 Å². The second-order valence-corrected chi connectivity index (χ2v) is 6.15. The third-order valence-electron chi connectivity index (χ3n) is 4.37. The number of carboxylic acids is 1. The first-order chi connectivity index (χ1) is 13.4. The summed E-state index contributed by atoms with van der Waals surface area (Å²) < 4.78 is 12.1. The van der Waals surface area contributed by atoms with Crippen LogP contribution in [0.3, 0.4) is 0 Å². The van der Waals surface area contributed by atoms with Crippen LogP contribution >= 0.6 is 0 Å². The number of carboxylic acid groups (broad SMARTS) is 1. The van der Waals surface area contributed by atoms with E-state index in [0.29, 0.717) is 28.1 Å². The Morgan fingerprint density at radius 2 is 1.89 bits per heavy atom. The number of nitrogens with one attached hydrogen (secondary N) is 1. The van der Waals surface area contributed by atoms with E-state index in [1.54, 1.807) is 48.1 Å². The van der Waals surface area contributed by atoms with Gasteiger partial charge in [0.2, 0.25) is 0 Å². The number of aryl methyl sites for hydroxylation is 1. The second kappa shape index (κ2) is 7.95. The first-order valence-corrected chi connectivity index (χ1v) is 8.47. The minimum atomic E-state index is -1.04. The van der Waals surface area contributed by atoms with Crippen molar-refractivity contribution in [2.24, 2.45) is 7.05 Å². The molecule has 0 aliphatic carbocycles.